The van der Waals surface area contributed by atoms with Crippen molar-refractivity contribution in [3.05, 3.63) is 56.8 Å². The van der Waals surface area contributed by atoms with Crippen molar-refractivity contribution in [3.8, 4) is 11.3 Å². The Morgan fingerprint density at radius 3 is 2.27 bits per heavy atom. The van der Waals surface area contributed by atoms with Gasteiger partial charge >= 0.3 is 11.9 Å². The normalized spacial score (nSPS) is 18.1. The summed E-state index contributed by atoms with van der Waals surface area (Å²) in [6.45, 7) is 3.65. The third kappa shape index (κ3) is 3.60. The number of ether oxygens (including phenoxy) is 2. The lowest BCUT2D eigenvalue weighted by Gasteiger charge is -2.38. The second-order valence-electron chi connectivity index (χ2n) is 7.72. The number of benzene rings is 1. The molecule has 2 aliphatic rings. The van der Waals surface area contributed by atoms with E-state index < -0.39 is 22.6 Å². The molecule has 1 aromatic heterocycles. The van der Waals surface area contributed by atoms with Crippen LogP contribution in [0.3, 0.4) is 0 Å². The molecule has 0 atom stereocenters. The van der Waals surface area contributed by atoms with Gasteiger partial charge < -0.3 is 13.9 Å². The average Bonchev–Trinajstić information content (AvgIpc) is 3.15. The van der Waals surface area contributed by atoms with Crippen LogP contribution in [0.1, 0.15) is 49.0 Å². The van der Waals surface area contributed by atoms with Crippen molar-refractivity contribution in [1.82, 2.24) is 0 Å². The summed E-state index contributed by atoms with van der Waals surface area (Å²) in [7, 11) is 0. The first-order chi connectivity index (χ1) is 14.3. The van der Waals surface area contributed by atoms with E-state index in [1.807, 2.05) is 6.92 Å². The lowest BCUT2D eigenvalue weighted by molar-refractivity contribution is -0.384. The summed E-state index contributed by atoms with van der Waals surface area (Å²) in [6.07, 6.45) is 4.92. The average molecular weight is 411 g/mol. The molecule has 1 spiro atoms. The van der Waals surface area contributed by atoms with E-state index in [2.05, 4.69) is 0 Å². The van der Waals surface area contributed by atoms with Gasteiger partial charge in [0.2, 0.25) is 0 Å². The SMILES string of the molecule is Cc1cc(-c2ccc(C=C3C(=O)OC4(CCCCC4)OC3=O)o2)c([N+](=O)[O-])cc1C. The number of furan rings is 1. The molecular weight excluding hydrogens is 390 g/mol. The zero-order chi connectivity index (χ0) is 21.5. The summed E-state index contributed by atoms with van der Waals surface area (Å²) < 4.78 is 16.6. The van der Waals surface area contributed by atoms with E-state index in [-0.39, 0.29) is 22.8 Å². The van der Waals surface area contributed by atoms with Crippen molar-refractivity contribution in [3.63, 3.8) is 0 Å². The highest BCUT2D eigenvalue weighted by atomic mass is 16.7. The van der Waals surface area contributed by atoms with Gasteiger partial charge in [0.25, 0.3) is 11.5 Å². The molecule has 8 heteroatoms. The van der Waals surface area contributed by atoms with Crippen LogP contribution in [0.25, 0.3) is 17.4 Å². The van der Waals surface area contributed by atoms with Crippen molar-refractivity contribution >= 4 is 23.7 Å². The molecule has 0 unspecified atom stereocenters. The molecule has 2 fully saturated rings. The Kier molecular flexibility index (Phi) is 4.93. The van der Waals surface area contributed by atoms with E-state index in [1.54, 1.807) is 19.1 Å². The van der Waals surface area contributed by atoms with Crippen LogP contribution in [0.2, 0.25) is 0 Å². The van der Waals surface area contributed by atoms with Crippen LogP contribution < -0.4 is 0 Å². The molecule has 156 valence electrons. The van der Waals surface area contributed by atoms with Gasteiger partial charge in [0, 0.05) is 25.0 Å². The van der Waals surface area contributed by atoms with Crippen molar-refractivity contribution in [2.24, 2.45) is 0 Å². The van der Waals surface area contributed by atoms with Gasteiger partial charge in [0.05, 0.1) is 10.5 Å². The molecule has 4 rings (SSSR count). The molecule has 0 N–H and O–H groups in total. The number of esters is 2. The zero-order valence-corrected chi connectivity index (χ0v) is 16.7. The predicted molar refractivity (Wildman–Crippen MR) is 106 cm³/mol. The summed E-state index contributed by atoms with van der Waals surface area (Å²) in [5, 5.41) is 11.4. The molecule has 1 saturated carbocycles. The summed E-state index contributed by atoms with van der Waals surface area (Å²) in [5.41, 5.74) is 1.65. The van der Waals surface area contributed by atoms with Gasteiger partial charge in [-0.15, -0.1) is 0 Å². The summed E-state index contributed by atoms with van der Waals surface area (Å²) in [5.74, 6) is -2.19. The molecule has 0 bridgehead atoms. The van der Waals surface area contributed by atoms with Gasteiger partial charge in [-0.1, -0.05) is 6.42 Å². The van der Waals surface area contributed by atoms with Gasteiger partial charge in [-0.25, -0.2) is 9.59 Å². The first-order valence-corrected chi connectivity index (χ1v) is 9.82. The number of aryl methyl sites for hydroxylation is 2. The van der Waals surface area contributed by atoms with Crippen LogP contribution in [0.15, 0.2) is 34.3 Å². The number of hydrogen-bond donors (Lipinski definition) is 0. The number of nitro benzene ring substituents is 1. The molecule has 30 heavy (non-hydrogen) atoms. The third-order valence-corrected chi connectivity index (χ3v) is 5.60. The minimum atomic E-state index is -1.15. The number of hydrogen-bond acceptors (Lipinski definition) is 7. The smallest absolute Gasteiger partial charge is 0.349 e. The quantitative estimate of drug-likeness (QED) is 0.238. The first kappa shape index (κ1) is 19.9. The molecule has 1 aliphatic heterocycles. The van der Waals surface area contributed by atoms with E-state index in [0.717, 1.165) is 30.4 Å². The maximum Gasteiger partial charge on any atom is 0.349 e. The van der Waals surface area contributed by atoms with Gasteiger partial charge in [-0.3, -0.25) is 10.1 Å². The van der Waals surface area contributed by atoms with Gasteiger partial charge in [0.15, 0.2) is 0 Å². The Labute approximate surface area is 172 Å². The molecule has 1 aliphatic carbocycles. The maximum absolute atomic E-state index is 12.5. The van der Waals surface area contributed by atoms with Crippen molar-refractivity contribution < 1.29 is 28.4 Å². The highest BCUT2D eigenvalue weighted by molar-refractivity contribution is 6.18. The minimum absolute atomic E-state index is 0.0811. The molecule has 1 saturated heterocycles. The van der Waals surface area contributed by atoms with Crippen LogP contribution in [-0.2, 0) is 19.1 Å². The molecule has 2 heterocycles. The summed E-state index contributed by atoms with van der Waals surface area (Å²) in [6, 6.07) is 6.27. The van der Waals surface area contributed by atoms with E-state index in [0.29, 0.717) is 18.4 Å². The number of nitrogens with zero attached hydrogens (tertiary/aromatic N) is 1. The highest BCUT2D eigenvalue weighted by Crippen LogP contribution is 2.38. The second-order valence-corrected chi connectivity index (χ2v) is 7.72. The fourth-order valence-electron chi connectivity index (χ4n) is 3.83. The van der Waals surface area contributed by atoms with Crippen molar-refractivity contribution in [2.75, 3.05) is 0 Å². The lowest BCUT2D eigenvalue weighted by atomic mass is 9.93. The Morgan fingerprint density at radius 1 is 1.00 bits per heavy atom. The summed E-state index contributed by atoms with van der Waals surface area (Å²) in [4.78, 5) is 35.9. The Balaban J connectivity index is 1.63. The Hall–Kier alpha value is -3.42. The molecule has 8 nitrogen and oxygen atoms in total. The molecule has 0 radical (unpaired) electrons. The Morgan fingerprint density at radius 2 is 1.63 bits per heavy atom. The van der Waals surface area contributed by atoms with Crippen LogP contribution in [0.4, 0.5) is 5.69 Å². The zero-order valence-electron chi connectivity index (χ0n) is 16.7. The topological polar surface area (TPSA) is 109 Å². The fourth-order valence-corrected chi connectivity index (χ4v) is 3.83. The highest BCUT2D eigenvalue weighted by Gasteiger charge is 2.46. The second kappa shape index (κ2) is 7.44. The minimum Gasteiger partial charge on any atom is -0.456 e. The predicted octanol–water partition coefficient (Wildman–Crippen LogP) is 4.62. The molecule has 0 amide bonds. The maximum atomic E-state index is 12.5. The van der Waals surface area contributed by atoms with Gasteiger partial charge in [-0.05, 0) is 56.0 Å². The number of rotatable bonds is 3. The molecule has 1 aromatic carbocycles. The standard InChI is InChI=1S/C22H21NO7/c1-13-10-16(18(23(26)27)11-14(13)2)19-7-6-15(28-19)12-17-20(24)29-22(30-21(17)25)8-4-3-5-9-22/h6-7,10-12H,3-5,8-9H2,1-2H3. The lowest BCUT2D eigenvalue weighted by Crippen LogP contribution is -2.47. The van der Waals surface area contributed by atoms with Crippen molar-refractivity contribution in [2.45, 2.75) is 51.7 Å². The largest absolute Gasteiger partial charge is 0.456 e. The van der Waals surface area contributed by atoms with Crippen LogP contribution in [0.5, 0.6) is 0 Å². The molecular formula is C22H21NO7. The van der Waals surface area contributed by atoms with Gasteiger partial charge in [-0.2, -0.15) is 0 Å². The van der Waals surface area contributed by atoms with E-state index >= 15 is 0 Å². The first-order valence-electron chi connectivity index (χ1n) is 9.82. The summed E-state index contributed by atoms with van der Waals surface area (Å²) >= 11 is 0. The van der Waals surface area contributed by atoms with Crippen LogP contribution in [-0.4, -0.2) is 22.6 Å². The van der Waals surface area contributed by atoms with E-state index in [1.165, 1.54) is 18.2 Å². The van der Waals surface area contributed by atoms with Crippen LogP contribution in [0, 0.1) is 24.0 Å². The number of carbonyl (C=O) groups is 2. The van der Waals surface area contributed by atoms with Gasteiger partial charge in [0.1, 0.15) is 17.1 Å². The van der Waals surface area contributed by atoms with E-state index in [9.17, 15) is 19.7 Å². The third-order valence-electron chi connectivity index (χ3n) is 5.60. The van der Waals surface area contributed by atoms with E-state index in [4.69, 9.17) is 13.9 Å². The van der Waals surface area contributed by atoms with Crippen LogP contribution >= 0.6 is 0 Å². The number of nitro groups is 1. The monoisotopic (exact) mass is 411 g/mol. The Bertz CT molecular complexity index is 1050. The molecule has 2 aromatic rings. The number of carbonyl (C=O) groups excluding carboxylic acids is 2. The fraction of sp³-hybridized carbons (Fsp3) is 0.364. The van der Waals surface area contributed by atoms with Crippen molar-refractivity contribution in [1.29, 1.82) is 0 Å².